The van der Waals surface area contributed by atoms with E-state index in [1.54, 1.807) is 0 Å². The molecule has 2 nitrogen and oxygen atoms in total. The smallest absolute Gasteiger partial charge is 0.0706 e. The molecule has 2 aliphatic rings. The van der Waals surface area contributed by atoms with Gasteiger partial charge in [0.2, 0.25) is 0 Å². The molecule has 2 fully saturated rings. The van der Waals surface area contributed by atoms with E-state index in [0.717, 1.165) is 13.0 Å². The summed E-state index contributed by atoms with van der Waals surface area (Å²) in [5, 5.41) is 0. The van der Waals surface area contributed by atoms with Crippen LogP contribution in [0.4, 0.5) is 0 Å². The average Bonchev–Trinajstić information content (AvgIpc) is 2.70. The Balaban J connectivity index is 1.52. The molecule has 0 amide bonds. The van der Waals surface area contributed by atoms with Crippen LogP contribution in [0.1, 0.15) is 24.8 Å². The van der Waals surface area contributed by atoms with E-state index in [-0.39, 0.29) is 0 Å². The van der Waals surface area contributed by atoms with Gasteiger partial charge in [-0.25, -0.2) is 0 Å². The number of nitrogens with zero attached hydrogens (tertiary/aromatic N) is 1. The second-order valence-corrected chi connectivity index (χ2v) is 5.28. The molecule has 2 saturated heterocycles. The highest BCUT2D eigenvalue weighted by atomic mass is 16.5. The Morgan fingerprint density at radius 2 is 1.88 bits per heavy atom. The molecule has 0 saturated carbocycles. The number of likely N-dealkylation sites (tertiary alicyclic amines) is 1. The molecule has 0 N–H and O–H groups in total. The summed E-state index contributed by atoms with van der Waals surface area (Å²) in [5.74, 6) is 0. The molecule has 2 aliphatic heterocycles. The quantitative estimate of drug-likeness (QED) is 0.792. The lowest BCUT2D eigenvalue weighted by Crippen LogP contribution is -2.33. The molecule has 0 aromatic heterocycles. The Labute approximate surface area is 104 Å². The fourth-order valence-corrected chi connectivity index (χ4v) is 2.97. The molecule has 17 heavy (non-hydrogen) atoms. The molecular formula is C15H21NO. The molecule has 92 valence electrons. The van der Waals surface area contributed by atoms with Crippen molar-refractivity contribution in [2.24, 2.45) is 0 Å². The van der Waals surface area contributed by atoms with Crippen molar-refractivity contribution < 1.29 is 4.74 Å². The molecule has 2 unspecified atom stereocenters. The largest absolute Gasteiger partial charge is 0.374 e. The van der Waals surface area contributed by atoms with Crippen molar-refractivity contribution in [1.82, 2.24) is 4.90 Å². The maximum absolute atomic E-state index is 5.96. The van der Waals surface area contributed by atoms with Crippen LogP contribution >= 0.6 is 0 Å². The molecular weight excluding hydrogens is 210 g/mol. The van der Waals surface area contributed by atoms with Gasteiger partial charge in [0.05, 0.1) is 12.2 Å². The monoisotopic (exact) mass is 231 g/mol. The predicted octanol–water partition coefficient (Wildman–Crippen LogP) is 2.48. The van der Waals surface area contributed by atoms with E-state index in [0.29, 0.717) is 12.2 Å². The van der Waals surface area contributed by atoms with Crippen LogP contribution < -0.4 is 0 Å². The van der Waals surface area contributed by atoms with Crippen LogP contribution in [0.2, 0.25) is 0 Å². The standard InChI is InChI=1S/C15H21NO/c1-2-4-13(5-3-1)8-10-16-11-9-14-6-7-15(12-16)17-14/h1-5,14-15H,6-12H2. The lowest BCUT2D eigenvalue weighted by atomic mass is 10.1. The Bertz CT molecular complexity index is 351. The molecule has 2 heterocycles. The van der Waals surface area contributed by atoms with Gasteiger partial charge in [-0.2, -0.15) is 0 Å². The van der Waals surface area contributed by atoms with Crippen molar-refractivity contribution in [1.29, 1.82) is 0 Å². The third-order valence-electron chi connectivity index (χ3n) is 3.98. The summed E-state index contributed by atoms with van der Waals surface area (Å²) in [6.45, 7) is 3.54. The minimum atomic E-state index is 0.512. The number of hydrogen-bond donors (Lipinski definition) is 0. The molecule has 2 heteroatoms. The fourth-order valence-electron chi connectivity index (χ4n) is 2.97. The summed E-state index contributed by atoms with van der Waals surface area (Å²) in [5.41, 5.74) is 1.45. The Kier molecular flexibility index (Phi) is 3.44. The molecule has 3 rings (SSSR count). The van der Waals surface area contributed by atoms with Crippen molar-refractivity contribution in [3.05, 3.63) is 35.9 Å². The van der Waals surface area contributed by atoms with Crippen molar-refractivity contribution in [2.45, 2.75) is 37.9 Å². The summed E-state index contributed by atoms with van der Waals surface area (Å²) in [6, 6.07) is 10.8. The minimum absolute atomic E-state index is 0.512. The van der Waals surface area contributed by atoms with Crippen LogP contribution in [0, 0.1) is 0 Å². The molecule has 1 aromatic rings. The van der Waals surface area contributed by atoms with Gasteiger partial charge < -0.3 is 9.64 Å². The lowest BCUT2D eigenvalue weighted by Gasteiger charge is -2.23. The first-order chi connectivity index (χ1) is 8.40. The van der Waals surface area contributed by atoms with Gasteiger partial charge in [0.15, 0.2) is 0 Å². The Morgan fingerprint density at radius 1 is 1.06 bits per heavy atom. The van der Waals surface area contributed by atoms with E-state index >= 15 is 0 Å². The van der Waals surface area contributed by atoms with Gasteiger partial charge in [-0.15, -0.1) is 0 Å². The Morgan fingerprint density at radius 3 is 2.76 bits per heavy atom. The lowest BCUT2D eigenvalue weighted by molar-refractivity contribution is 0.0503. The topological polar surface area (TPSA) is 12.5 Å². The van der Waals surface area contributed by atoms with E-state index in [1.807, 2.05) is 0 Å². The SMILES string of the molecule is c1ccc(CCN2CCC3CCC(C2)O3)cc1. The molecule has 2 bridgehead atoms. The minimum Gasteiger partial charge on any atom is -0.374 e. The van der Waals surface area contributed by atoms with Gasteiger partial charge in [-0.3, -0.25) is 0 Å². The fraction of sp³-hybridized carbons (Fsp3) is 0.600. The highest BCUT2D eigenvalue weighted by molar-refractivity contribution is 5.14. The first-order valence-electron chi connectivity index (χ1n) is 6.82. The molecule has 0 spiro atoms. The summed E-state index contributed by atoms with van der Waals surface area (Å²) < 4.78 is 5.96. The maximum Gasteiger partial charge on any atom is 0.0706 e. The second-order valence-electron chi connectivity index (χ2n) is 5.28. The van der Waals surface area contributed by atoms with E-state index in [2.05, 4.69) is 35.2 Å². The molecule has 0 radical (unpaired) electrons. The summed E-state index contributed by atoms with van der Waals surface area (Å²) >= 11 is 0. The second kappa shape index (κ2) is 5.19. The molecule has 2 atom stereocenters. The van der Waals surface area contributed by atoms with Crippen molar-refractivity contribution in [3.8, 4) is 0 Å². The third-order valence-corrected chi connectivity index (χ3v) is 3.98. The number of rotatable bonds is 3. The van der Waals surface area contributed by atoms with Crippen LogP contribution in [-0.4, -0.2) is 36.7 Å². The highest BCUT2D eigenvalue weighted by Gasteiger charge is 2.30. The number of benzene rings is 1. The van der Waals surface area contributed by atoms with Crippen LogP contribution in [0.25, 0.3) is 0 Å². The van der Waals surface area contributed by atoms with Gasteiger partial charge in [-0.05, 0) is 31.2 Å². The predicted molar refractivity (Wildman–Crippen MR) is 69.1 cm³/mol. The van der Waals surface area contributed by atoms with E-state index < -0.39 is 0 Å². The van der Waals surface area contributed by atoms with Crippen LogP contribution in [0.5, 0.6) is 0 Å². The van der Waals surface area contributed by atoms with Crippen LogP contribution in [0.3, 0.4) is 0 Å². The number of ether oxygens (including phenoxy) is 1. The number of hydrogen-bond acceptors (Lipinski definition) is 2. The van der Waals surface area contributed by atoms with Gasteiger partial charge in [0.1, 0.15) is 0 Å². The van der Waals surface area contributed by atoms with Crippen LogP contribution in [-0.2, 0) is 11.2 Å². The number of fused-ring (bicyclic) bond motifs is 2. The summed E-state index contributed by atoms with van der Waals surface area (Å²) in [4.78, 5) is 2.58. The normalized spacial score (nSPS) is 29.2. The first kappa shape index (κ1) is 11.2. The zero-order chi connectivity index (χ0) is 11.5. The van der Waals surface area contributed by atoms with E-state index in [4.69, 9.17) is 4.74 Å². The van der Waals surface area contributed by atoms with E-state index in [9.17, 15) is 0 Å². The van der Waals surface area contributed by atoms with Crippen molar-refractivity contribution in [3.63, 3.8) is 0 Å². The average molecular weight is 231 g/mol. The van der Waals surface area contributed by atoms with Crippen LogP contribution in [0.15, 0.2) is 30.3 Å². The van der Waals surface area contributed by atoms with Gasteiger partial charge >= 0.3 is 0 Å². The van der Waals surface area contributed by atoms with Gasteiger partial charge in [0, 0.05) is 19.6 Å². The molecule has 0 aliphatic carbocycles. The van der Waals surface area contributed by atoms with Gasteiger partial charge in [-0.1, -0.05) is 30.3 Å². The third kappa shape index (κ3) is 2.88. The first-order valence-corrected chi connectivity index (χ1v) is 6.82. The maximum atomic E-state index is 5.96. The van der Waals surface area contributed by atoms with Gasteiger partial charge in [0.25, 0.3) is 0 Å². The Hall–Kier alpha value is -0.860. The zero-order valence-electron chi connectivity index (χ0n) is 10.3. The highest BCUT2D eigenvalue weighted by Crippen LogP contribution is 2.26. The summed E-state index contributed by atoms with van der Waals surface area (Å²) in [6.07, 6.45) is 6.02. The molecule has 1 aromatic carbocycles. The van der Waals surface area contributed by atoms with Crippen molar-refractivity contribution in [2.75, 3.05) is 19.6 Å². The summed E-state index contributed by atoms with van der Waals surface area (Å²) in [7, 11) is 0. The van der Waals surface area contributed by atoms with E-state index in [1.165, 1.54) is 37.9 Å². The van der Waals surface area contributed by atoms with Crippen molar-refractivity contribution >= 4 is 0 Å². The zero-order valence-corrected chi connectivity index (χ0v) is 10.3.